The number of nitrogens with zero attached hydrogens (tertiary/aromatic N) is 1. The second-order valence-electron chi connectivity index (χ2n) is 19.0. The zero-order chi connectivity index (χ0) is 39.3. The minimum Gasteiger partial charge on any atom is -0.491 e. The number of hydrogen-bond acceptors (Lipinski definition) is 7. The zero-order valence-electron chi connectivity index (χ0n) is 34.4. The van der Waals surface area contributed by atoms with Crippen LogP contribution in [0.15, 0.2) is 53.3 Å². The minimum atomic E-state index is -0.744. The van der Waals surface area contributed by atoms with Crippen molar-refractivity contribution in [3.63, 3.8) is 0 Å². The van der Waals surface area contributed by atoms with E-state index in [0.29, 0.717) is 60.3 Å². The van der Waals surface area contributed by atoms with Crippen LogP contribution in [-0.4, -0.2) is 36.0 Å². The number of esters is 2. The van der Waals surface area contributed by atoms with E-state index in [1.807, 2.05) is 39.0 Å². The number of aliphatic hydroxyl groups excluding tert-OH is 1. The molecule has 4 aliphatic carbocycles. The van der Waals surface area contributed by atoms with Gasteiger partial charge in [0.15, 0.2) is 0 Å². The van der Waals surface area contributed by atoms with Crippen molar-refractivity contribution in [2.75, 3.05) is 6.79 Å². The summed E-state index contributed by atoms with van der Waals surface area (Å²) in [5.41, 5.74) is 3.88. The lowest BCUT2D eigenvalue weighted by atomic mass is 9.36. The summed E-state index contributed by atoms with van der Waals surface area (Å²) >= 11 is 0. The number of benzene rings is 1. The summed E-state index contributed by atoms with van der Waals surface area (Å²) in [6, 6.07) is 9.82. The maximum atomic E-state index is 14.5. The molecular formula is C46H65NO6. The van der Waals surface area contributed by atoms with Crippen molar-refractivity contribution in [1.29, 1.82) is 5.26 Å². The second-order valence-corrected chi connectivity index (χ2v) is 19.0. The Balaban J connectivity index is 1.61. The van der Waals surface area contributed by atoms with Crippen LogP contribution in [-0.2, 0) is 23.8 Å². The van der Waals surface area contributed by atoms with E-state index in [2.05, 4.69) is 47.3 Å². The molecule has 4 saturated carbocycles. The number of rotatable bonds is 9. The minimum absolute atomic E-state index is 0.0263. The maximum absolute atomic E-state index is 14.5. The molecular weight excluding hydrogens is 663 g/mol. The molecule has 1 aromatic carbocycles. The third kappa shape index (κ3) is 7.39. The van der Waals surface area contributed by atoms with E-state index in [4.69, 9.17) is 14.2 Å². The van der Waals surface area contributed by atoms with Gasteiger partial charge in [0.2, 0.25) is 6.79 Å². The molecule has 0 spiro atoms. The van der Waals surface area contributed by atoms with Gasteiger partial charge in [-0.25, -0.2) is 4.79 Å². The lowest BCUT2D eigenvalue weighted by Crippen LogP contribution is -2.65. The first-order valence-corrected chi connectivity index (χ1v) is 19.9. The number of ether oxygens (including phenoxy) is 3. The molecule has 0 heterocycles. The quantitative estimate of drug-likeness (QED) is 0.117. The fourth-order valence-electron chi connectivity index (χ4n) is 11.7. The molecule has 1 N–H and O–H groups in total. The van der Waals surface area contributed by atoms with Crippen LogP contribution in [0.5, 0.6) is 0 Å². The molecule has 4 aliphatic rings. The number of carbonyl (C=O) groups is 2. The summed E-state index contributed by atoms with van der Waals surface area (Å²) in [6.07, 6.45) is 5.64. The average molecular weight is 728 g/mol. The third-order valence-electron chi connectivity index (χ3n) is 14.7. The highest BCUT2D eigenvalue weighted by molar-refractivity contribution is 5.90. The van der Waals surface area contributed by atoms with E-state index in [9.17, 15) is 20.0 Å². The maximum Gasteiger partial charge on any atom is 0.336 e. The summed E-state index contributed by atoms with van der Waals surface area (Å²) in [4.78, 5) is 27.1. The molecule has 290 valence electrons. The Morgan fingerprint density at radius 2 is 1.72 bits per heavy atom. The monoisotopic (exact) mass is 727 g/mol. The van der Waals surface area contributed by atoms with Crippen molar-refractivity contribution < 1.29 is 28.9 Å². The predicted molar refractivity (Wildman–Crippen MR) is 209 cm³/mol. The summed E-state index contributed by atoms with van der Waals surface area (Å²) in [6.45, 7) is 27.0. The number of nitriles is 1. The highest BCUT2D eigenvalue weighted by Crippen LogP contribution is 2.74. The molecule has 0 aromatic heterocycles. The first kappa shape index (κ1) is 40.8. The van der Waals surface area contributed by atoms with Crippen molar-refractivity contribution in [3.8, 4) is 6.07 Å². The van der Waals surface area contributed by atoms with Gasteiger partial charge in [0.05, 0.1) is 28.9 Å². The topological polar surface area (TPSA) is 106 Å². The van der Waals surface area contributed by atoms with E-state index < -0.39 is 36.4 Å². The Labute approximate surface area is 319 Å². The fourth-order valence-corrected chi connectivity index (χ4v) is 11.7. The van der Waals surface area contributed by atoms with Gasteiger partial charge in [-0.1, -0.05) is 58.9 Å². The summed E-state index contributed by atoms with van der Waals surface area (Å²) in [7, 11) is 0. The molecule has 0 radical (unpaired) electrons. The van der Waals surface area contributed by atoms with E-state index >= 15 is 0 Å². The van der Waals surface area contributed by atoms with Crippen molar-refractivity contribution >= 4 is 17.5 Å². The predicted octanol–water partition coefficient (Wildman–Crippen LogP) is 10.3. The van der Waals surface area contributed by atoms with Crippen molar-refractivity contribution in [2.45, 2.75) is 140 Å². The number of fused-ring (bicyclic) bond motifs is 5. The van der Waals surface area contributed by atoms with Gasteiger partial charge in [-0.3, -0.25) is 4.79 Å². The second kappa shape index (κ2) is 15.0. The van der Waals surface area contributed by atoms with E-state index in [0.717, 1.165) is 41.5 Å². The van der Waals surface area contributed by atoms with Crippen molar-refractivity contribution in [3.05, 3.63) is 64.4 Å². The third-order valence-corrected chi connectivity index (χ3v) is 14.7. The lowest BCUT2D eigenvalue weighted by Gasteiger charge is -2.69. The number of allylic oxidation sites excluding steroid dienone is 3. The van der Waals surface area contributed by atoms with Crippen LogP contribution >= 0.6 is 0 Å². The summed E-state index contributed by atoms with van der Waals surface area (Å²) < 4.78 is 17.8. The normalized spacial score (nSPS) is 35.8. The van der Waals surface area contributed by atoms with Crippen LogP contribution in [0.2, 0.25) is 0 Å². The molecule has 53 heavy (non-hydrogen) atoms. The van der Waals surface area contributed by atoms with Gasteiger partial charge in [0.1, 0.15) is 6.10 Å². The Morgan fingerprint density at radius 1 is 1.02 bits per heavy atom. The molecule has 7 nitrogen and oxygen atoms in total. The lowest BCUT2D eigenvalue weighted by molar-refractivity contribution is -0.229. The first-order valence-electron chi connectivity index (χ1n) is 19.9. The van der Waals surface area contributed by atoms with Gasteiger partial charge in [-0.2, -0.15) is 5.26 Å². The number of aliphatic hydroxyl groups is 1. The number of carbonyl (C=O) groups excluding carboxylic acids is 2. The largest absolute Gasteiger partial charge is 0.491 e. The standard InChI is InChI=1S/C46H65NO6/c1-27(2)33(32-15-13-14-31(22-32)25-47)16-17-34(41(49)51-26-52-42(50)43(7,8)9)39-36-23-37(48)40-44(10)20-18-29(5)30(6)35(44)19-21-45(40,11)46(36,12)24-38(39)53-28(3)4/h13-15,22,29-30,35-38,40,48H,3,16-21,23-24,26H2,1-2,4-12H3/b39-34-/t29-,30+,35+,36+,37-,38?,40+,44+,45+,46+/m1/s1. The molecule has 10 atom stereocenters. The van der Waals surface area contributed by atoms with Crippen LogP contribution in [0.3, 0.4) is 0 Å². The van der Waals surface area contributed by atoms with Gasteiger partial charge < -0.3 is 19.3 Å². The van der Waals surface area contributed by atoms with Gasteiger partial charge in [0, 0.05) is 5.57 Å². The van der Waals surface area contributed by atoms with Crippen LogP contribution < -0.4 is 0 Å². The van der Waals surface area contributed by atoms with Crippen molar-refractivity contribution in [1.82, 2.24) is 0 Å². The van der Waals surface area contributed by atoms with Gasteiger partial charge in [0.25, 0.3) is 0 Å². The Hall–Kier alpha value is -3.37. The molecule has 1 unspecified atom stereocenters. The van der Waals surface area contributed by atoms with Gasteiger partial charge >= 0.3 is 11.9 Å². The molecule has 0 aliphatic heterocycles. The molecule has 0 saturated heterocycles. The van der Waals surface area contributed by atoms with Crippen LogP contribution in [0.25, 0.3) is 5.57 Å². The Bertz CT molecular complexity index is 1700. The highest BCUT2D eigenvalue weighted by Gasteiger charge is 2.70. The SMILES string of the molecule is C=C(C)OC1C[C@@]2(C)[C@@H](C[C@@H](O)[C@H]3[C@@]4(C)CC[C@@H](C)[C@H](C)[C@@H]4CC[C@@]32C)/C1=C(\CCC(=C(C)C)c1cccc(C#N)c1)C(=O)OCOC(=O)C(C)(C)C. The van der Waals surface area contributed by atoms with Crippen LogP contribution in [0, 0.1) is 62.6 Å². The summed E-state index contributed by atoms with van der Waals surface area (Å²) in [5, 5.41) is 22.1. The molecule has 1 aromatic rings. The summed E-state index contributed by atoms with van der Waals surface area (Å²) in [5.74, 6) is 1.46. The average Bonchev–Trinajstić information content (AvgIpc) is 3.35. The molecule has 0 amide bonds. The fraction of sp³-hybridized carbons (Fsp3) is 0.674. The molecule has 0 bridgehead atoms. The van der Waals surface area contributed by atoms with E-state index in [-0.39, 0.29) is 28.1 Å². The van der Waals surface area contributed by atoms with Crippen molar-refractivity contribution in [2.24, 2.45) is 51.2 Å². The first-order chi connectivity index (χ1) is 24.7. The smallest absolute Gasteiger partial charge is 0.336 e. The van der Waals surface area contributed by atoms with E-state index in [1.54, 1.807) is 26.8 Å². The van der Waals surface area contributed by atoms with E-state index in [1.165, 1.54) is 6.42 Å². The molecule has 5 rings (SSSR count). The van der Waals surface area contributed by atoms with Gasteiger partial charge in [-0.15, -0.1) is 0 Å². The molecule has 4 fully saturated rings. The highest BCUT2D eigenvalue weighted by atomic mass is 16.7. The Kier molecular flexibility index (Phi) is 11.6. The van der Waals surface area contributed by atoms with Crippen LogP contribution in [0.4, 0.5) is 0 Å². The number of hydrogen-bond donors (Lipinski definition) is 1. The Morgan fingerprint density at radius 3 is 2.34 bits per heavy atom. The van der Waals surface area contributed by atoms with Crippen LogP contribution in [0.1, 0.15) is 139 Å². The zero-order valence-corrected chi connectivity index (χ0v) is 34.4. The van der Waals surface area contributed by atoms with Gasteiger partial charge in [-0.05, 0) is 168 Å². The molecule has 7 heteroatoms.